The molecule has 27 heavy (non-hydrogen) atoms. The molecule has 2 heterocycles. The van der Waals surface area contributed by atoms with Crippen molar-refractivity contribution in [2.45, 2.75) is 26.1 Å². The Morgan fingerprint density at radius 2 is 1.70 bits per heavy atom. The summed E-state index contributed by atoms with van der Waals surface area (Å²) in [5, 5.41) is 5.58. The summed E-state index contributed by atoms with van der Waals surface area (Å²) in [6.45, 7) is 2.40. The lowest BCUT2D eigenvalue weighted by atomic mass is 10.1. The monoisotopic (exact) mass is 408 g/mol. The van der Waals surface area contributed by atoms with Gasteiger partial charge in [-0.15, -0.1) is 0 Å². The van der Waals surface area contributed by atoms with Crippen molar-refractivity contribution in [3.05, 3.63) is 46.5 Å². The maximum Gasteiger partial charge on any atom is 0.408 e. The van der Waals surface area contributed by atoms with Gasteiger partial charge in [0.25, 0.3) is 0 Å². The van der Waals surface area contributed by atoms with Crippen molar-refractivity contribution >= 4 is 23.1 Å². The molecule has 0 aliphatic heterocycles. The highest BCUT2D eigenvalue weighted by Gasteiger charge is 2.37. The smallest absolute Gasteiger partial charge is 0.358 e. The molecule has 0 unspecified atom stereocenters. The molecule has 11 heteroatoms. The standard InChI is InChI=1S/C16H11ClF6N4/c1-6-5-24-27-14(6)26-13(17)12(15(27)25-7(2)16(21,22)23)11-9(19)3-8(18)4-10(11)20/h3-5,7,25H,1-2H3/t7-/m0/s1. The number of alkyl halides is 3. The van der Waals surface area contributed by atoms with Crippen LogP contribution in [0.4, 0.5) is 32.2 Å². The molecule has 1 atom stereocenters. The Bertz CT molecular complexity index is 1010. The number of benzene rings is 1. The lowest BCUT2D eigenvalue weighted by molar-refractivity contribution is -0.138. The maximum absolute atomic E-state index is 14.3. The Balaban J connectivity index is 2.36. The molecule has 0 saturated carbocycles. The van der Waals surface area contributed by atoms with Gasteiger partial charge in [-0.1, -0.05) is 11.6 Å². The average Bonchev–Trinajstić information content (AvgIpc) is 2.89. The fraction of sp³-hybridized carbons (Fsp3) is 0.250. The van der Waals surface area contributed by atoms with E-state index < -0.39 is 51.8 Å². The summed E-state index contributed by atoms with van der Waals surface area (Å²) in [5.74, 6) is -4.30. The number of hydrogen-bond donors (Lipinski definition) is 1. The van der Waals surface area contributed by atoms with Crippen molar-refractivity contribution in [1.29, 1.82) is 0 Å². The SMILES string of the molecule is Cc1cnn2c(N[C@@H](C)C(F)(F)F)c(-c3c(F)cc(F)cc3F)c(Cl)nc12. The van der Waals surface area contributed by atoms with Gasteiger partial charge in [0.15, 0.2) is 5.65 Å². The lowest BCUT2D eigenvalue weighted by Crippen LogP contribution is -2.34. The Labute approximate surface area is 153 Å². The maximum atomic E-state index is 14.3. The molecule has 0 saturated heterocycles. The Morgan fingerprint density at radius 3 is 2.26 bits per heavy atom. The number of aryl methyl sites for hydroxylation is 1. The van der Waals surface area contributed by atoms with E-state index >= 15 is 0 Å². The third-order valence-corrected chi connectivity index (χ3v) is 4.15. The van der Waals surface area contributed by atoms with Crippen LogP contribution >= 0.6 is 11.6 Å². The van der Waals surface area contributed by atoms with Crippen LogP contribution in [0.3, 0.4) is 0 Å². The predicted octanol–water partition coefficient (Wildman–Crippen LogP) is 5.14. The van der Waals surface area contributed by atoms with Crippen molar-refractivity contribution in [2.75, 3.05) is 5.32 Å². The van der Waals surface area contributed by atoms with Crippen LogP contribution in [0.1, 0.15) is 12.5 Å². The number of nitrogens with zero attached hydrogens (tertiary/aromatic N) is 3. The number of rotatable bonds is 3. The summed E-state index contributed by atoms with van der Waals surface area (Å²) in [5.41, 5.74) is -0.742. The van der Waals surface area contributed by atoms with E-state index in [2.05, 4.69) is 15.4 Å². The van der Waals surface area contributed by atoms with E-state index in [0.29, 0.717) is 17.7 Å². The molecule has 3 aromatic rings. The van der Waals surface area contributed by atoms with Crippen molar-refractivity contribution in [2.24, 2.45) is 0 Å². The number of fused-ring (bicyclic) bond motifs is 1. The molecule has 3 rings (SSSR count). The van der Waals surface area contributed by atoms with Gasteiger partial charge in [0.2, 0.25) is 0 Å². The van der Waals surface area contributed by atoms with E-state index in [-0.39, 0.29) is 5.65 Å². The molecule has 144 valence electrons. The zero-order chi connectivity index (χ0) is 20.1. The summed E-state index contributed by atoms with van der Waals surface area (Å²) >= 11 is 6.05. The van der Waals surface area contributed by atoms with E-state index in [9.17, 15) is 26.3 Å². The van der Waals surface area contributed by atoms with Crippen LogP contribution in [0.5, 0.6) is 0 Å². The molecular formula is C16H11ClF6N4. The number of anilines is 1. The molecular weight excluding hydrogens is 398 g/mol. The summed E-state index contributed by atoms with van der Waals surface area (Å²) in [4.78, 5) is 3.96. The Morgan fingerprint density at radius 1 is 1.11 bits per heavy atom. The highest BCUT2D eigenvalue weighted by Crippen LogP contribution is 2.39. The van der Waals surface area contributed by atoms with Crippen LogP contribution < -0.4 is 5.32 Å². The first-order chi connectivity index (χ1) is 12.5. The first-order valence-electron chi connectivity index (χ1n) is 7.52. The number of nitrogens with one attached hydrogen (secondary N) is 1. The predicted molar refractivity (Wildman–Crippen MR) is 87.2 cm³/mol. The highest BCUT2D eigenvalue weighted by molar-refractivity contribution is 6.33. The van der Waals surface area contributed by atoms with Crippen molar-refractivity contribution in [3.63, 3.8) is 0 Å². The lowest BCUT2D eigenvalue weighted by Gasteiger charge is -2.22. The molecule has 0 bridgehead atoms. The minimum Gasteiger partial charge on any atom is -0.358 e. The van der Waals surface area contributed by atoms with E-state index in [1.165, 1.54) is 6.20 Å². The van der Waals surface area contributed by atoms with E-state index in [0.717, 1.165) is 11.4 Å². The van der Waals surface area contributed by atoms with E-state index in [1.54, 1.807) is 6.92 Å². The summed E-state index contributed by atoms with van der Waals surface area (Å²) in [7, 11) is 0. The van der Waals surface area contributed by atoms with E-state index in [4.69, 9.17) is 11.6 Å². The minimum absolute atomic E-state index is 0.101. The van der Waals surface area contributed by atoms with Gasteiger partial charge in [-0.25, -0.2) is 18.2 Å². The number of aromatic nitrogens is 3. The van der Waals surface area contributed by atoms with Crippen LogP contribution in [0.2, 0.25) is 5.15 Å². The summed E-state index contributed by atoms with van der Waals surface area (Å²) in [6, 6.07) is -1.32. The first-order valence-corrected chi connectivity index (χ1v) is 7.90. The molecule has 0 aliphatic carbocycles. The van der Waals surface area contributed by atoms with Crippen LogP contribution in [-0.2, 0) is 0 Å². The van der Waals surface area contributed by atoms with E-state index in [1.807, 2.05) is 0 Å². The fourth-order valence-corrected chi connectivity index (χ4v) is 2.76. The van der Waals surface area contributed by atoms with Crippen LogP contribution in [0, 0.1) is 24.4 Å². The van der Waals surface area contributed by atoms with Gasteiger partial charge < -0.3 is 5.32 Å². The second kappa shape index (κ2) is 6.59. The quantitative estimate of drug-likeness (QED) is 0.482. The average molecular weight is 409 g/mol. The number of hydrogen-bond acceptors (Lipinski definition) is 3. The third-order valence-electron chi connectivity index (χ3n) is 3.88. The van der Waals surface area contributed by atoms with Crippen molar-refractivity contribution in [1.82, 2.24) is 14.6 Å². The Hall–Kier alpha value is -2.49. The van der Waals surface area contributed by atoms with Crippen molar-refractivity contribution < 1.29 is 26.3 Å². The molecule has 0 spiro atoms. The van der Waals surface area contributed by atoms with Crippen LogP contribution in [-0.4, -0.2) is 26.8 Å². The molecule has 0 amide bonds. The van der Waals surface area contributed by atoms with Gasteiger partial charge in [0.05, 0.1) is 17.3 Å². The summed E-state index contributed by atoms with van der Waals surface area (Å²) < 4.78 is 81.9. The number of halogens is 7. The van der Waals surface area contributed by atoms with Crippen LogP contribution in [0.25, 0.3) is 16.8 Å². The summed E-state index contributed by atoms with van der Waals surface area (Å²) in [6.07, 6.45) is -3.36. The molecule has 1 aromatic carbocycles. The highest BCUT2D eigenvalue weighted by atomic mass is 35.5. The van der Waals surface area contributed by atoms with Gasteiger partial charge in [-0.05, 0) is 13.8 Å². The molecule has 0 radical (unpaired) electrons. The van der Waals surface area contributed by atoms with Crippen LogP contribution in [0.15, 0.2) is 18.3 Å². The zero-order valence-corrected chi connectivity index (χ0v) is 14.6. The van der Waals surface area contributed by atoms with Gasteiger partial charge in [0, 0.05) is 17.7 Å². The fourth-order valence-electron chi connectivity index (χ4n) is 2.50. The molecule has 2 aromatic heterocycles. The minimum atomic E-state index is -4.67. The van der Waals surface area contributed by atoms with Gasteiger partial charge in [-0.3, -0.25) is 0 Å². The molecule has 1 N–H and O–H groups in total. The normalized spacial score (nSPS) is 13.2. The van der Waals surface area contributed by atoms with Gasteiger partial charge >= 0.3 is 6.18 Å². The zero-order valence-electron chi connectivity index (χ0n) is 13.8. The second-order valence-electron chi connectivity index (χ2n) is 5.84. The Kier molecular flexibility index (Phi) is 4.71. The molecule has 0 aliphatic rings. The van der Waals surface area contributed by atoms with Crippen molar-refractivity contribution in [3.8, 4) is 11.1 Å². The third kappa shape index (κ3) is 3.41. The van der Waals surface area contributed by atoms with Gasteiger partial charge in [-0.2, -0.15) is 22.8 Å². The first kappa shape index (κ1) is 19.3. The molecule has 0 fully saturated rings. The second-order valence-corrected chi connectivity index (χ2v) is 6.20. The van der Waals surface area contributed by atoms with Gasteiger partial charge in [0.1, 0.15) is 34.5 Å². The molecule has 4 nitrogen and oxygen atoms in total. The largest absolute Gasteiger partial charge is 0.408 e. The topological polar surface area (TPSA) is 42.2 Å².